The fourth-order valence-electron chi connectivity index (χ4n) is 1.91. The first-order valence-corrected chi connectivity index (χ1v) is 10.9. The molecule has 2 rings (SSSR count). The zero-order valence-electron chi connectivity index (χ0n) is 15.4. The topological polar surface area (TPSA) is 205 Å². The minimum absolute atomic E-state index is 0.00183. The van der Waals surface area contributed by atoms with Crippen LogP contribution in [0.15, 0.2) is 46.2 Å². The highest BCUT2D eigenvalue weighted by molar-refractivity contribution is 7.89. The molecule has 0 aliphatic rings. The number of nitrogens with two attached hydrogens (primary N) is 1. The van der Waals surface area contributed by atoms with Gasteiger partial charge in [0.25, 0.3) is 11.4 Å². The van der Waals surface area contributed by atoms with E-state index in [-0.39, 0.29) is 31.9 Å². The molecular formula is C14H16ClN5O8S2. The van der Waals surface area contributed by atoms with Crippen molar-refractivity contribution in [3.05, 3.63) is 61.6 Å². The number of hydrogen-bond donors (Lipinski definition) is 3. The van der Waals surface area contributed by atoms with Crippen LogP contribution < -0.4 is 15.2 Å². The van der Waals surface area contributed by atoms with Gasteiger partial charge in [-0.05, 0) is 26.2 Å². The number of anilines is 1. The molecule has 0 spiro atoms. The van der Waals surface area contributed by atoms with Crippen LogP contribution in [-0.2, 0) is 20.0 Å². The Morgan fingerprint density at radius 2 is 1.20 bits per heavy atom. The standard InChI is InChI=1S/C7H7ClN2O4S.C7H9N3O4S/c2*1-9-15(13,14)7-3-5(8)2-6(4-7)10(11)12/h2-4,9H,1H3;2-4,9H,8H2,1H3. The smallest absolute Gasteiger partial charge is 0.272 e. The number of nitrogen functional groups attached to an aromatic ring is 1. The van der Waals surface area contributed by atoms with Gasteiger partial charge < -0.3 is 5.73 Å². The van der Waals surface area contributed by atoms with E-state index in [0.29, 0.717) is 0 Å². The normalized spacial score (nSPS) is 11.3. The monoisotopic (exact) mass is 481 g/mol. The maximum absolute atomic E-state index is 11.3. The fraction of sp³-hybridized carbons (Fsp3) is 0.143. The summed E-state index contributed by atoms with van der Waals surface area (Å²) in [5.41, 5.74) is 4.66. The summed E-state index contributed by atoms with van der Waals surface area (Å²) in [6.07, 6.45) is 0. The SMILES string of the molecule is CNS(=O)(=O)c1cc(Cl)cc([N+](=O)[O-])c1.CNS(=O)(=O)c1cc(N)cc([N+](=O)[O-])c1. The van der Waals surface area contributed by atoms with Crippen LogP contribution in [0.4, 0.5) is 17.1 Å². The number of nitro benzene ring substituents is 2. The Hall–Kier alpha value is -2.85. The maximum atomic E-state index is 11.3. The van der Waals surface area contributed by atoms with Gasteiger partial charge in [-0.3, -0.25) is 20.2 Å². The van der Waals surface area contributed by atoms with Crippen LogP contribution in [-0.4, -0.2) is 40.8 Å². The molecule has 4 N–H and O–H groups in total. The van der Waals surface area contributed by atoms with Crippen molar-refractivity contribution >= 4 is 48.7 Å². The summed E-state index contributed by atoms with van der Waals surface area (Å²) in [7, 11) is -5.00. The van der Waals surface area contributed by atoms with Crippen molar-refractivity contribution in [3.63, 3.8) is 0 Å². The number of nitrogens with one attached hydrogen (secondary N) is 2. The molecule has 13 nitrogen and oxygen atoms in total. The number of benzene rings is 2. The summed E-state index contributed by atoms with van der Waals surface area (Å²) in [6, 6.07) is 6.35. The van der Waals surface area contributed by atoms with Crippen molar-refractivity contribution < 1.29 is 26.7 Å². The van der Waals surface area contributed by atoms with Crippen molar-refractivity contribution in [1.29, 1.82) is 0 Å². The van der Waals surface area contributed by atoms with E-state index in [0.717, 1.165) is 36.4 Å². The lowest BCUT2D eigenvalue weighted by Gasteiger charge is -2.03. The van der Waals surface area contributed by atoms with E-state index in [4.69, 9.17) is 17.3 Å². The third-order valence-electron chi connectivity index (χ3n) is 3.35. The summed E-state index contributed by atoms with van der Waals surface area (Å²) in [4.78, 5) is 19.0. The Labute approximate surface area is 176 Å². The molecule has 0 aliphatic carbocycles. The third kappa shape index (κ3) is 6.60. The number of non-ortho nitro benzene ring substituents is 2. The van der Waals surface area contributed by atoms with E-state index in [9.17, 15) is 37.1 Å². The highest BCUT2D eigenvalue weighted by Gasteiger charge is 2.18. The van der Waals surface area contributed by atoms with E-state index in [1.165, 1.54) is 14.1 Å². The summed E-state index contributed by atoms with van der Waals surface area (Å²) in [5.74, 6) is 0. The predicted octanol–water partition coefficient (Wildman–Crippen LogP) is 1.24. The Morgan fingerprint density at radius 3 is 1.60 bits per heavy atom. The zero-order chi connectivity index (χ0) is 23.3. The van der Waals surface area contributed by atoms with Gasteiger partial charge in [-0.25, -0.2) is 26.3 Å². The predicted molar refractivity (Wildman–Crippen MR) is 108 cm³/mol. The molecule has 0 saturated carbocycles. The summed E-state index contributed by atoms with van der Waals surface area (Å²) in [6.45, 7) is 0. The molecule has 0 heterocycles. The highest BCUT2D eigenvalue weighted by atomic mass is 35.5. The number of nitrogens with zero attached hydrogens (tertiary/aromatic N) is 2. The molecule has 0 aliphatic heterocycles. The van der Waals surface area contributed by atoms with Crippen LogP contribution in [0.5, 0.6) is 0 Å². The van der Waals surface area contributed by atoms with Crippen LogP contribution in [0.2, 0.25) is 5.02 Å². The number of halogens is 1. The Bertz CT molecular complexity index is 1090. The second-order valence-electron chi connectivity index (χ2n) is 5.33. The average molecular weight is 482 g/mol. The molecule has 0 radical (unpaired) electrons. The van der Waals surface area contributed by atoms with Crippen molar-refractivity contribution in [3.8, 4) is 0 Å². The molecule has 16 heteroatoms. The molecule has 0 bridgehead atoms. The zero-order valence-corrected chi connectivity index (χ0v) is 17.8. The van der Waals surface area contributed by atoms with E-state index >= 15 is 0 Å². The lowest BCUT2D eigenvalue weighted by Crippen LogP contribution is -2.18. The van der Waals surface area contributed by atoms with Gasteiger partial charge in [0, 0.05) is 35.0 Å². The maximum Gasteiger partial charge on any atom is 0.272 e. The van der Waals surface area contributed by atoms with E-state index in [1.807, 2.05) is 9.44 Å². The second kappa shape index (κ2) is 9.77. The molecule has 0 saturated heterocycles. The first-order chi connectivity index (χ1) is 13.7. The van der Waals surface area contributed by atoms with Gasteiger partial charge in [0.2, 0.25) is 20.0 Å². The average Bonchev–Trinajstić information content (AvgIpc) is 2.67. The number of hydrogen-bond acceptors (Lipinski definition) is 9. The van der Waals surface area contributed by atoms with Crippen molar-refractivity contribution in [1.82, 2.24) is 9.44 Å². The van der Waals surface area contributed by atoms with Gasteiger partial charge in [0.05, 0.1) is 19.6 Å². The van der Waals surface area contributed by atoms with Crippen molar-refractivity contribution in [2.75, 3.05) is 19.8 Å². The highest BCUT2D eigenvalue weighted by Crippen LogP contribution is 2.23. The van der Waals surface area contributed by atoms with Crippen LogP contribution in [0, 0.1) is 20.2 Å². The molecule has 0 amide bonds. The van der Waals surface area contributed by atoms with Gasteiger partial charge in [0.15, 0.2) is 0 Å². The summed E-state index contributed by atoms with van der Waals surface area (Å²) >= 11 is 5.56. The van der Waals surface area contributed by atoms with Gasteiger partial charge in [-0.1, -0.05) is 11.6 Å². The van der Waals surface area contributed by atoms with Gasteiger partial charge in [-0.2, -0.15) is 0 Å². The molecule has 30 heavy (non-hydrogen) atoms. The number of rotatable bonds is 6. The summed E-state index contributed by atoms with van der Waals surface area (Å²) < 4.78 is 49.4. The Balaban J connectivity index is 0.000000300. The lowest BCUT2D eigenvalue weighted by atomic mass is 10.3. The number of sulfonamides is 2. The molecule has 2 aromatic carbocycles. The largest absolute Gasteiger partial charge is 0.398 e. The van der Waals surface area contributed by atoms with Crippen molar-refractivity contribution in [2.45, 2.75) is 9.79 Å². The first-order valence-electron chi connectivity index (χ1n) is 7.60. The molecule has 0 unspecified atom stereocenters. The van der Waals surface area contributed by atoms with Gasteiger partial charge >= 0.3 is 0 Å². The molecule has 164 valence electrons. The van der Waals surface area contributed by atoms with Crippen LogP contribution in [0.25, 0.3) is 0 Å². The van der Waals surface area contributed by atoms with E-state index < -0.39 is 29.9 Å². The molecular weight excluding hydrogens is 466 g/mol. The second-order valence-corrected chi connectivity index (χ2v) is 9.54. The fourth-order valence-corrected chi connectivity index (χ4v) is 3.80. The van der Waals surface area contributed by atoms with Crippen LogP contribution in [0.3, 0.4) is 0 Å². The lowest BCUT2D eigenvalue weighted by molar-refractivity contribution is -0.385. The quantitative estimate of drug-likeness (QED) is 0.307. The molecule has 0 aromatic heterocycles. The Morgan fingerprint density at radius 1 is 0.800 bits per heavy atom. The summed E-state index contributed by atoms with van der Waals surface area (Å²) in [5, 5.41) is 20.9. The van der Waals surface area contributed by atoms with E-state index in [2.05, 4.69) is 0 Å². The number of nitro groups is 2. The van der Waals surface area contributed by atoms with Crippen molar-refractivity contribution in [2.24, 2.45) is 0 Å². The minimum Gasteiger partial charge on any atom is -0.398 e. The van der Waals surface area contributed by atoms with Crippen LogP contribution >= 0.6 is 11.6 Å². The minimum atomic E-state index is -3.72. The van der Waals surface area contributed by atoms with Crippen LogP contribution in [0.1, 0.15) is 0 Å². The van der Waals surface area contributed by atoms with Gasteiger partial charge in [-0.15, -0.1) is 0 Å². The molecule has 2 aromatic rings. The Kier molecular flexibility index (Phi) is 8.20. The third-order valence-corrected chi connectivity index (χ3v) is 6.36. The molecule has 0 fully saturated rings. The molecule has 0 atom stereocenters. The van der Waals surface area contributed by atoms with Gasteiger partial charge in [0.1, 0.15) is 0 Å². The van der Waals surface area contributed by atoms with E-state index in [1.54, 1.807) is 0 Å². The first kappa shape index (κ1) is 25.2.